The second kappa shape index (κ2) is 10.8. The summed E-state index contributed by atoms with van der Waals surface area (Å²) in [5.41, 5.74) is 15.3. The predicted molar refractivity (Wildman–Crippen MR) is 154 cm³/mol. The standard InChI is InChI=1S/C30H26N4O4S/c31-21-3-1-5-28(19-21)37-26-13-7-23(8-14-26)34(25-11-17-30(18-12-25)39(33,35)36)24-9-15-27(16-10-24)38-29-6-2-4-22(32)20-29/h1-20H,31-32H2,(H2,33,35,36). The average Bonchev–Trinajstić information content (AvgIpc) is 2.91. The normalized spacial score (nSPS) is 11.1. The number of sulfonamides is 1. The van der Waals surface area contributed by atoms with Gasteiger partial charge < -0.3 is 25.8 Å². The van der Waals surface area contributed by atoms with Gasteiger partial charge in [-0.1, -0.05) is 12.1 Å². The van der Waals surface area contributed by atoms with Crippen molar-refractivity contribution in [3.05, 3.63) is 121 Å². The Kier molecular flexibility index (Phi) is 7.09. The highest BCUT2D eigenvalue weighted by Crippen LogP contribution is 2.37. The van der Waals surface area contributed by atoms with Gasteiger partial charge in [-0.15, -0.1) is 0 Å². The highest BCUT2D eigenvalue weighted by atomic mass is 32.2. The average molecular weight is 539 g/mol. The Morgan fingerprint density at radius 1 is 0.513 bits per heavy atom. The second-order valence-electron chi connectivity index (χ2n) is 8.71. The summed E-state index contributed by atoms with van der Waals surface area (Å²) in [6.45, 7) is 0. The molecule has 0 aliphatic carbocycles. The van der Waals surface area contributed by atoms with Gasteiger partial charge in [-0.2, -0.15) is 0 Å². The third-order valence-corrected chi connectivity index (χ3v) is 6.73. The van der Waals surface area contributed by atoms with Crippen LogP contribution in [0.3, 0.4) is 0 Å². The lowest BCUT2D eigenvalue weighted by Gasteiger charge is -2.26. The van der Waals surface area contributed by atoms with Crippen molar-refractivity contribution < 1.29 is 17.9 Å². The molecule has 8 nitrogen and oxygen atoms in total. The van der Waals surface area contributed by atoms with Crippen LogP contribution in [-0.4, -0.2) is 8.42 Å². The molecule has 0 amide bonds. The fraction of sp³-hybridized carbons (Fsp3) is 0. The Balaban J connectivity index is 1.46. The van der Waals surface area contributed by atoms with E-state index in [0.29, 0.717) is 34.4 Å². The molecule has 0 fully saturated rings. The van der Waals surface area contributed by atoms with Crippen LogP contribution in [0.25, 0.3) is 0 Å². The Morgan fingerprint density at radius 2 is 0.897 bits per heavy atom. The molecular formula is C30H26N4O4S. The summed E-state index contributed by atoms with van der Waals surface area (Å²) < 4.78 is 35.5. The van der Waals surface area contributed by atoms with E-state index in [1.807, 2.05) is 77.7 Å². The zero-order valence-corrected chi connectivity index (χ0v) is 21.6. The van der Waals surface area contributed by atoms with Crippen molar-refractivity contribution in [2.75, 3.05) is 16.4 Å². The summed E-state index contributed by atoms with van der Waals surface area (Å²) in [5, 5.41) is 5.30. The first-order chi connectivity index (χ1) is 18.7. The molecule has 5 aromatic rings. The molecule has 196 valence electrons. The van der Waals surface area contributed by atoms with Crippen LogP contribution in [0.1, 0.15) is 0 Å². The van der Waals surface area contributed by atoms with Crippen LogP contribution in [0.15, 0.2) is 126 Å². The topological polar surface area (TPSA) is 134 Å². The van der Waals surface area contributed by atoms with E-state index < -0.39 is 10.0 Å². The lowest BCUT2D eigenvalue weighted by molar-refractivity contribution is 0.483. The van der Waals surface area contributed by atoms with Crippen LogP contribution >= 0.6 is 0 Å². The summed E-state index contributed by atoms with van der Waals surface area (Å²) in [6.07, 6.45) is 0. The molecule has 9 heteroatoms. The lowest BCUT2D eigenvalue weighted by Crippen LogP contribution is -2.13. The number of hydrogen-bond donors (Lipinski definition) is 3. The Hall–Kier alpha value is -4.99. The first-order valence-electron chi connectivity index (χ1n) is 11.9. The minimum atomic E-state index is -3.82. The van der Waals surface area contributed by atoms with Gasteiger partial charge in [0.05, 0.1) is 4.90 Å². The molecule has 0 unspecified atom stereocenters. The molecule has 39 heavy (non-hydrogen) atoms. The molecule has 0 atom stereocenters. The van der Waals surface area contributed by atoms with E-state index in [2.05, 4.69) is 0 Å². The fourth-order valence-electron chi connectivity index (χ4n) is 3.99. The van der Waals surface area contributed by atoms with Gasteiger partial charge in [0.15, 0.2) is 0 Å². The summed E-state index contributed by atoms with van der Waals surface area (Å²) in [5.74, 6) is 2.54. The van der Waals surface area contributed by atoms with Crippen LogP contribution in [-0.2, 0) is 10.0 Å². The van der Waals surface area contributed by atoms with Crippen LogP contribution in [0.5, 0.6) is 23.0 Å². The maximum atomic E-state index is 11.8. The molecule has 0 spiro atoms. The van der Waals surface area contributed by atoms with Gasteiger partial charge in [0.1, 0.15) is 23.0 Å². The SMILES string of the molecule is Nc1cccc(Oc2ccc(N(c3ccc(Oc4cccc(N)c4)cc3)c3ccc(S(N)(=O)=O)cc3)cc2)c1. The number of benzene rings is 5. The molecule has 0 aromatic heterocycles. The number of nitrogen functional groups attached to an aromatic ring is 2. The number of ether oxygens (including phenoxy) is 2. The molecule has 0 saturated heterocycles. The summed E-state index contributed by atoms with van der Waals surface area (Å²) >= 11 is 0. The highest BCUT2D eigenvalue weighted by molar-refractivity contribution is 7.89. The third-order valence-electron chi connectivity index (χ3n) is 5.80. The van der Waals surface area contributed by atoms with E-state index in [1.54, 1.807) is 36.4 Å². The minimum absolute atomic E-state index is 0.0305. The molecule has 0 bridgehead atoms. The molecule has 0 radical (unpaired) electrons. The van der Waals surface area contributed by atoms with Crippen LogP contribution in [0.4, 0.5) is 28.4 Å². The maximum absolute atomic E-state index is 11.8. The van der Waals surface area contributed by atoms with Crippen LogP contribution in [0.2, 0.25) is 0 Å². The first kappa shape index (κ1) is 25.7. The molecule has 0 heterocycles. The van der Waals surface area contributed by atoms with Gasteiger partial charge in [-0.25, -0.2) is 13.6 Å². The van der Waals surface area contributed by atoms with Crippen molar-refractivity contribution in [1.82, 2.24) is 0 Å². The van der Waals surface area contributed by atoms with Gasteiger partial charge in [-0.3, -0.25) is 0 Å². The summed E-state index contributed by atoms with van der Waals surface area (Å²) in [6, 6.07) is 35.8. The molecule has 6 N–H and O–H groups in total. The van der Waals surface area contributed by atoms with Gasteiger partial charge >= 0.3 is 0 Å². The maximum Gasteiger partial charge on any atom is 0.238 e. The van der Waals surface area contributed by atoms with Gasteiger partial charge in [-0.05, 0) is 97.1 Å². The van der Waals surface area contributed by atoms with Gasteiger partial charge in [0, 0.05) is 40.6 Å². The van der Waals surface area contributed by atoms with E-state index in [1.165, 1.54) is 12.1 Å². The first-order valence-corrected chi connectivity index (χ1v) is 13.5. The van der Waals surface area contributed by atoms with Crippen molar-refractivity contribution in [2.45, 2.75) is 4.90 Å². The van der Waals surface area contributed by atoms with E-state index in [9.17, 15) is 8.42 Å². The quantitative estimate of drug-likeness (QED) is 0.191. The van der Waals surface area contributed by atoms with Crippen LogP contribution in [0, 0.1) is 0 Å². The second-order valence-corrected chi connectivity index (χ2v) is 10.3. The molecule has 5 aromatic carbocycles. The Labute approximate surface area is 226 Å². The lowest BCUT2D eigenvalue weighted by atomic mass is 10.2. The van der Waals surface area contributed by atoms with Crippen molar-refractivity contribution in [2.24, 2.45) is 5.14 Å². The Morgan fingerprint density at radius 3 is 1.26 bits per heavy atom. The van der Waals surface area contributed by atoms with Gasteiger partial charge in [0.2, 0.25) is 10.0 Å². The zero-order chi connectivity index (χ0) is 27.4. The smallest absolute Gasteiger partial charge is 0.238 e. The van der Waals surface area contributed by atoms with Crippen molar-refractivity contribution in [3.8, 4) is 23.0 Å². The minimum Gasteiger partial charge on any atom is -0.457 e. The number of hydrogen-bond acceptors (Lipinski definition) is 7. The van der Waals surface area contributed by atoms with E-state index in [4.69, 9.17) is 26.1 Å². The number of rotatable bonds is 8. The molecule has 0 aliphatic rings. The van der Waals surface area contributed by atoms with E-state index in [0.717, 1.165) is 17.1 Å². The molecular weight excluding hydrogens is 512 g/mol. The predicted octanol–water partition coefficient (Wildman–Crippen LogP) is 6.55. The molecule has 0 aliphatic heterocycles. The molecule has 0 saturated carbocycles. The number of anilines is 5. The third kappa shape index (κ3) is 6.30. The number of nitrogens with zero attached hydrogens (tertiary/aromatic N) is 1. The molecule has 5 rings (SSSR count). The van der Waals surface area contributed by atoms with Crippen molar-refractivity contribution in [1.29, 1.82) is 0 Å². The number of nitrogens with two attached hydrogens (primary N) is 3. The van der Waals surface area contributed by atoms with Crippen molar-refractivity contribution in [3.63, 3.8) is 0 Å². The van der Waals surface area contributed by atoms with Crippen LogP contribution < -0.4 is 31.0 Å². The Bertz CT molecular complexity index is 1600. The van der Waals surface area contributed by atoms with Gasteiger partial charge in [0.25, 0.3) is 0 Å². The zero-order valence-electron chi connectivity index (χ0n) is 20.8. The summed E-state index contributed by atoms with van der Waals surface area (Å²) in [4.78, 5) is 2.00. The van der Waals surface area contributed by atoms with E-state index >= 15 is 0 Å². The fourth-order valence-corrected chi connectivity index (χ4v) is 4.50. The highest BCUT2D eigenvalue weighted by Gasteiger charge is 2.15. The monoisotopic (exact) mass is 538 g/mol. The van der Waals surface area contributed by atoms with E-state index in [-0.39, 0.29) is 4.90 Å². The van der Waals surface area contributed by atoms with Crippen molar-refractivity contribution >= 4 is 38.5 Å². The number of primary sulfonamides is 1. The largest absolute Gasteiger partial charge is 0.457 e. The summed E-state index contributed by atoms with van der Waals surface area (Å²) in [7, 11) is -3.82.